The van der Waals surface area contributed by atoms with Gasteiger partial charge in [-0.15, -0.1) is 0 Å². The Bertz CT molecular complexity index is 1490. The highest BCUT2D eigenvalue weighted by molar-refractivity contribution is 7.99. The van der Waals surface area contributed by atoms with Gasteiger partial charge in [0.05, 0.1) is 34.8 Å². The van der Waals surface area contributed by atoms with Crippen LogP contribution in [0.4, 0.5) is 10.1 Å². The first-order valence-corrected chi connectivity index (χ1v) is 12.2. The molecule has 0 atom stereocenters. The number of carbonyl (C=O) groups is 1. The summed E-state index contributed by atoms with van der Waals surface area (Å²) in [4.78, 5) is 32.6. The van der Waals surface area contributed by atoms with Crippen LogP contribution in [-0.2, 0) is 4.79 Å². The molecule has 6 nitrogen and oxygen atoms in total. The molecule has 0 aliphatic carbocycles. The topological polar surface area (TPSA) is 79.0 Å². The van der Waals surface area contributed by atoms with Crippen molar-refractivity contribution in [2.45, 2.75) is 11.6 Å². The van der Waals surface area contributed by atoms with E-state index in [0.29, 0.717) is 37.5 Å². The molecule has 0 radical (unpaired) electrons. The number of nitrogens with zero attached hydrogens (tertiary/aromatic N) is 4. The minimum Gasteiger partial charge on any atom is -0.311 e. The van der Waals surface area contributed by atoms with Crippen LogP contribution in [0.25, 0.3) is 16.6 Å². The Balaban J connectivity index is 1.71. The van der Waals surface area contributed by atoms with E-state index in [0.717, 1.165) is 11.8 Å². The van der Waals surface area contributed by atoms with Crippen molar-refractivity contribution in [3.8, 4) is 11.8 Å². The molecule has 1 aromatic heterocycles. The van der Waals surface area contributed by atoms with E-state index in [2.05, 4.69) is 4.98 Å². The summed E-state index contributed by atoms with van der Waals surface area (Å²) in [6.07, 6.45) is 0.107. The van der Waals surface area contributed by atoms with E-state index in [1.807, 2.05) is 6.07 Å². The van der Waals surface area contributed by atoms with Gasteiger partial charge in [-0.3, -0.25) is 14.2 Å². The van der Waals surface area contributed by atoms with E-state index in [9.17, 15) is 14.0 Å². The summed E-state index contributed by atoms with van der Waals surface area (Å²) in [5.74, 6) is -0.823. The zero-order chi connectivity index (χ0) is 24.9. The second-order valence-electron chi connectivity index (χ2n) is 7.39. The van der Waals surface area contributed by atoms with Gasteiger partial charge in [-0.2, -0.15) is 5.26 Å². The summed E-state index contributed by atoms with van der Waals surface area (Å²) >= 11 is 13.2. The lowest BCUT2D eigenvalue weighted by Crippen LogP contribution is -2.33. The quantitative estimate of drug-likeness (QED) is 0.222. The maximum atomic E-state index is 13.4. The molecule has 3 aromatic carbocycles. The SMILES string of the molecule is N#CCCN(C(=O)CSc1nc2cc(Cl)ccc2c(=O)n1-c1ccc(Cl)cc1)c1ccc(F)cc1. The second-order valence-corrected chi connectivity index (χ2v) is 9.21. The van der Waals surface area contributed by atoms with E-state index < -0.39 is 5.82 Å². The van der Waals surface area contributed by atoms with Gasteiger partial charge in [-0.25, -0.2) is 9.37 Å². The number of amides is 1. The third-order valence-corrected chi connectivity index (χ3v) is 6.51. The largest absolute Gasteiger partial charge is 0.311 e. The molecule has 0 N–H and O–H groups in total. The van der Waals surface area contributed by atoms with Gasteiger partial charge in [0.2, 0.25) is 5.91 Å². The van der Waals surface area contributed by atoms with Gasteiger partial charge in [0, 0.05) is 22.3 Å². The van der Waals surface area contributed by atoms with Crippen LogP contribution in [0.15, 0.2) is 76.7 Å². The molecule has 1 amide bonds. The molecule has 0 aliphatic heterocycles. The van der Waals surface area contributed by atoms with Gasteiger partial charge in [0.15, 0.2) is 5.16 Å². The van der Waals surface area contributed by atoms with E-state index in [4.69, 9.17) is 28.5 Å². The average Bonchev–Trinajstić information content (AvgIpc) is 2.84. The van der Waals surface area contributed by atoms with Crippen LogP contribution in [0.2, 0.25) is 10.0 Å². The van der Waals surface area contributed by atoms with Crippen LogP contribution < -0.4 is 10.5 Å². The van der Waals surface area contributed by atoms with E-state index >= 15 is 0 Å². The zero-order valence-corrected chi connectivity index (χ0v) is 20.4. The Labute approximate surface area is 214 Å². The minimum absolute atomic E-state index is 0.0745. The zero-order valence-electron chi connectivity index (χ0n) is 18.1. The number of carbonyl (C=O) groups excluding carboxylic acids is 1. The summed E-state index contributed by atoms with van der Waals surface area (Å²) in [5.41, 5.74) is 1.10. The fourth-order valence-electron chi connectivity index (χ4n) is 3.44. The molecule has 10 heteroatoms. The summed E-state index contributed by atoms with van der Waals surface area (Å²) in [5, 5.41) is 10.6. The van der Waals surface area contributed by atoms with Crippen molar-refractivity contribution in [1.82, 2.24) is 9.55 Å². The fourth-order valence-corrected chi connectivity index (χ4v) is 4.62. The van der Waals surface area contributed by atoms with Crippen molar-refractivity contribution in [3.63, 3.8) is 0 Å². The number of fused-ring (bicyclic) bond motifs is 1. The van der Waals surface area contributed by atoms with E-state index in [1.54, 1.807) is 42.5 Å². The fraction of sp³-hybridized carbons (Fsp3) is 0.120. The number of halogens is 3. The first-order chi connectivity index (χ1) is 16.9. The van der Waals surface area contributed by atoms with Crippen molar-refractivity contribution in [3.05, 3.63) is 92.9 Å². The Morgan fingerprint density at radius 2 is 1.74 bits per heavy atom. The Hall–Kier alpha value is -3.38. The van der Waals surface area contributed by atoms with Crippen LogP contribution >= 0.6 is 35.0 Å². The molecule has 0 fully saturated rings. The Morgan fingerprint density at radius 1 is 1.06 bits per heavy atom. The summed E-state index contributed by atoms with van der Waals surface area (Å²) in [6, 6.07) is 19.0. The Morgan fingerprint density at radius 3 is 2.43 bits per heavy atom. The van der Waals surface area contributed by atoms with Gasteiger partial charge in [0.1, 0.15) is 5.82 Å². The monoisotopic (exact) mass is 526 g/mol. The summed E-state index contributed by atoms with van der Waals surface area (Å²) in [7, 11) is 0. The minimum atomic E-state index is -0.429. The number of nitriles is 1. The predicted molar refractivity (Wildman–Crippen MR) is 137 cm³/mol. The lowest BCUT2D eigenvalue weighted by molar-refractivity contribution is -0.116. The summed E-state index contributed by atoms with van der Waals surface area (Å²) < 4.78 is 14.8. The normalized spacial score (nSPS) is 10.8. The number of thioether (sulfide) groups is 1. The molecule has 0 unspecified atom stereocenters. The van der Waals surface area contributed by atoms with Crippen LogP contribution in [-0.4, -0.2) is 27.8 Å². The molecule has 176 valence electrons. The van der Waals surface area contributed by atoms with Crippen molar-refractivity contribution in [1.29, 1.82) is 5.26 Å². The smallest absolute Gasteiger partial charge is 0.266 e. The first kappa shape index (κ1) is 24.7. The van der Waals surface area contributed by atoms with Crippen LogP contribution in [0.5, 0.6) is 0 Å². The predicted octanol–water partition coefficient (Wildman–Crippen LogP) is 5.87. The van der Waals surface area contributed by atoms with E-state index in [-0.39, 0.29) is 30.2 Å². The molecule has 0 saturated carbocycles. The lowest BCUT2D eigenvalue weighted by atomic mass is 10.2. The van der Waals surface area contributed by atoms with Crippen LogP contribution in [0.1, 0.15) is 6.42 Å². The van der Waals surface area contributed by atoms with Crippen molar-refractivity contribution >= 4 is 57.5 Å². The van der Waals surface area contributed by atoms with Gasteiger partial charge in [-0.05, 0) is 66.7 Å². The molecule has 0 saturated heterocycles. The Kier molecular flexibility index (Phi) is 7.71. The number of aromatic nitrogens is 2. The maximum Gasteiger partial charge on any atom is 0.266 e. The van der Waals surface area contributed by atoms with Crippen molar-refractivity contribution < 1.29 is 9.18 Å². The molecule has 35 heavy (non-hydrogen) atoms. The third-order valence-electron chi connectivity index (χ3n) is 5.10. The van der Waals surface area contributed by atoms with Gasteiger partial charge in [0.25, 0.3) is 5.56 Å². The molecule has 0 bridgehead atoms. The highest BCUT2D eigenvalue weighted by atomic mass is 35.5. The molecule has 4 aromatic rings. The molecular weight excluding hydrogens is 510 g/mol. The van der Waals surface area contributed by atoms with Crippen molar-refractivity contribution in [2.24, 2.45) is 0 Å². The number of hydrogen-bond donors (Lipinski definition) is 0. The summed E-state index contributed by atoms with van der Waals surface area (Å²) in [6.45, 7) is 0.145. The van der Waals surface area contributed by atoms with Gasteiger partial charge < -0.3 is 4.90 Å². The van der Waals surface area contributed by atoms with Gasteiger partial charge in [-0.1, -0.05) is 35.0 Å². The molecule has 0 spiro atoms. The number of anilines is 1. The van der Waals surface area contributed by atoms with Crippen molar-refractivity contribution in [2.75, 3.05) is 17.2 Å². The number of rotatable bonds is 7. The van der Waals surface area contributed by atoms with E-state index in [1.165, 1.54) is 33.7 Å². The highest BCUT2D eigenvalue weighted by Crippen LogP contribution is 2.25. The van der Waals surface area contributed by atoms with Crippen LogP contribution in [0, 0.1) is 17.1 Å². The lowest BCUT2D eigenvalue weighted by Gasteiger charge is -2.22. The van der Waals surface area contributed by atoms with Crippen LogP contribution in [0.3, 0.4) is 0 Å². The number of benzene rings is 3. The molecule has 4 rings (SSSR count). The molecule has 0 aliphatic rings. The standard InChI is InChI=1S/C25H17Cl2FN4O2S/c26-16-2-7-20(8-3-16)32-24(34)21-11-4-17(27)14-22(21)30-25(32)35-15-23(33)31(13-1-12-29)19-9-5-18(28)6-10-19/h2-11,14H,1,13,15H2. The third kappa shape index (κ3) is 5.65. The molecule has 1 heterocycles. The molecular formula is C25H17Cl2FN4O2S. The number of hydrogen-bond acceptors (Lipinski definition) is 5. The maximum absolute atomic E-state index is 13.4. The average molecular weight is 527 g/mol. The second kappa shape index (κ2) is 10.9. The highest BCUT2D eigenvalue weighted by Gasteiger charge is 2.19. The van der Waals surface area contributed by atoms with Gasteiger partial charge >= 0.3 is 0 Å². The first-order valence-electron chi connectivity index (χ1n) is 10.4.